The maximum atomic E-state index is 17.6. The second-order valence-corrected chi connectivity index (χ2v) is 16.8. The average Bonchev–Trinajstić information content (AvgIpc) is 3.56. The number of rotatable bonds is 7. The number of aliphatic hydroxyl groups excluding tert-OH is 2. The molecule has 0 aromatic heterocycles. The summed E-state index contributed by atoms with van der Waals surface area (Å²) >= 11 is 0. The van der Waals surface area contributed by atoms with Crippen LogP contribution in [0.3, 0.4) is 0 Å². The molecule has 270 valence electrons. The largest absolute Gasteiger partial charge is 0.390 e. The highest BCUT2D eigenvalue weighted by Crippen LogP contribution is 2.72. The Bertz CT molecular complexity index is 1860. The summed E-state index contributed by atoms with van der Waals surface area (Å²) < 4.78 is 73.1. The number of sulfone groups is 1. The van der Waals surface area contributed by atoms with Crippen molar-refractivity contribution in [3.63, 3.8) is 0 Å². The minimum Gasteiger partial charge on any atom is -0.390 e. The molecular formula is C38H45F2NO8S. The zero-order valence-electron chi connectivity index (χ0n) is 27.7. The van der Waals surface area contributed by atoms with E-state index in [0.717, 1.165) is 11.8 Å². The summed E-state index contributed by atoms with van der Waals surface area (Å²) in [6, 6.07) is 12.6. The molecule has 9 nitrogen and oxygen atoms in total. The Balaban J connectivity index is 0.00000432. The molecule has 2 aromatic rings. The first-order valence-electron chi connectivity index (χ1n) is 16.7. The molecular weight excluding hydrogens is 668 g/mol. The monoisotopic (exact) mass is 713 g/mol. The first kappa shape index (κ1) is 36.5. The number of Topliss-reactive ketones (excluding diaryl/α,β-unsaturated/α-hetero) is 1. The van der Waals surface area contributed by atoms with Gasteiger partial charge in [-0.05, 0) is 100 Å². The molecule has 5 aliphatic rings. The van der Waals surface area contributed by atoms with Gasteiger partial charge in [0.15, 0.2) is 29.1 Å². The van der Waals surface area contributed by atoms with Crippen LogP contribution in [0.4, 0.5) is 14.5 Å². The summed E-state index contributed by atoms with van der Waals surface area (Å²) in [7, 11) is -3.86. The Kier molecular flexibility index (Phi) is 8.87. The minimum absolute atomic E-state index is 0. The summed E-state index contributed by atoms with van der Waals surface area (Å²) in [6.45, 7) is 6.27. The predicted octanol–water partition coefficient (Wildman–Crippen LogP) is 5.62. The Morgan fingerprint density at radius 1 is 1.04 bits per heavy atom. The standard InChI is InChI=1S/C37H41F2NO8S.CH4/c1-20(2)40-22-7-11-25(12-8-22)49(45,46)24-9-5-21(6-10-24)33-47-32-17-26-27-16-29(38)28-15-23(42)13-14-34(28,3)36(27,39)30(43)18-35(26,4)37(32,48-33)31(44)19-41;/h5-15,20,26-27,29-30,32-33,40-41,43H,16-19H2,1-4H3;1H4/t26-,27-,29-,30-,32+,33+,34-,35-,36-,37+;/m0./s1. The fourth-order valence-electron chi connectivity index (χ4n) is 9.72. The predicted molar refractivity (Wildman–Crippen MR) is 181 cm³/mol. The maximum absolute atomic E-state index is 17.6. The number of nitrogens with one attached hydrogen (secondary N) is 1. The molecule has 1 heterocycles. The van der Waals surface area contributed by atoms with E-state index in [1.807, 2.05) is 13.8 Å². The molecule has 2 aromatic carbocycles. The van der Waals surface area contributed by atoms with Crippen molar-refractivity contribution in [3.8, 4) is 0 Å². The van der Waals surface area contributed by atoms with Crippen LogP contribution in [-0.2, 0) is 28.9 Å². The minimum atomic E-state index is -3.86. The Hall–Kier alpha value is -3.29. The van der Waals surface area contributed by atoms with Gasteiger partial charge in [0.05, 0.1) is 22.0 Å². The van der Waals surface area contributed by atoms with Crippen molar-refractivity contribution in [2.24, 2.45) is 22.7 Å². The van der Waals surface area contributed by atoms with Crippen molar-refractivity contribution in [1.29, 1.82) is 0 Å². The van der Waals surface area contributed by atoms with Crippen LogP contribution < -0.4 is 5.32 Å². The summed E-state index contributed by atoms with van der Waals surface area (Å²) in [5, 5.41) is 25.1. The second-order valence-electron chi connectivity index (χ2n) is 14.9. The topological polar surface area (TPSA) is 139 Å². The zero-order chi connectivity index (χ0) is 35.3. The first-order chi connectivity index (χ1) is 23.0. The molecule has 0 spiro atoms. The van der Waals surface area contributed by atoms with Gasteiger partial charge in [0.25, 0.3) is 0 Å². The smallest absolute Gasteiger partial charge is 0.206 e. The number of halogens is 2. The van der Waals surface area contributed by atoms with Gasteiger partial charge in [-0.3, -0.25) is 9.59 Å². The van der Waals surface area contributed by atoms with E-state index in [1.165, 1.54) is 55.5 Å². The van der Waals surface area contributed by atoms with Gasteiger partial charge >= 0.3 is 0 Å². The molecule has 0 radical (unpaired) electrons. The Morgan fingerprint density at radius 3 is 2.26 bits per heavy atom. The van der Waals surface area contributed by atoms with Crippen molar-refractivity contribution in [2.45, 2.75) is 106 Å². The van der Waals surface area contributed by atoms with E-state index in [-0.39, 0.29) is 48.1 Å². The van der Waals surface area contributed by atoms with Gasteiger partial charge in [0.1, 0.15) is 12.8 Å². The van der Waals surface area contributed by atoms with Crippen molar-refractivity contribution in [2.75, 3.05) is 11.9 Å². The summed E-state index contributed by atoms with van der Waals surface area (Å²) in [5.74, 6) is -2.88. The van der Waals surface area contributed by atoms with Gasteiger partial charge in [-0.25, -0.2) is 17.2 Å². The number of carbonyl (C=O) groups excluding carboxylic acids is 2. The molecule has 0 amide bonds. The molecule has 1 saturated heterocycles. The number of fused-ring (bicyclic) bond motifs is 7. The van der Waals surface area contributed by atoms with E-state index in [2.05, 4.69) is 5.32 Å². The molecule has 10 atom stereocenters. The molecule has 3 saturated carbocycles. The third-order valence-corrected chi connectivity index (χ3v) is 13.8. The van der Waals surface area contributed by atoms with E-state index < -0.39 is 86.6 Å². The van der Waals surface area contributed by atoms with E-state index >= 15 is 8.78 Å². The van der Waals surface area contributed by atoms with Gasteiger partial charge in [0, 0.05) is 34.0 Å². The lowest BCUT2D eigenvalue weighted by Gasteiger charge is -2.63. The normalized spacial score (nSPS) is 38.7. The number of allylic oxidation sites excluding steroid dienone is 4. The van der Waals surface area contributed by atoms with Gasteiger partial charge in [-0.15, -0.1) is 0 Å². The van der Waals surface area contributed by atoms with Crippen LogP contribution in [0.2, 0.25) is 0 Å². The SMILES string of the molecule is C.CC(C)Nc1ccc(S(=O)(=O)c2ccc([C@@H]3O[C@@H]4C[C@H]5[C@@H]6C[C@H](F)C7=CC(=O)C=C[C@]7(C)[C@@]6(F)[C@@H](O)C[C@]5(C)[C@]4(C(=O)CO)O3)cc2)cc1. The van der Waals surface area contributed by atoms with Crippen molar-refractivity contribution < 1.29 is 46.5 Å². The number of ether oxygens (including phenoxy) is 2. The van der Waals surface area contributed by atoms with Gasteiger partial charge in [0.2, 0.25) is 9.84 Å². The molecule has 7 rings (SSSR count). The molecule has 1 aliphatic heterocycles. The van der Waals surface area contributed by atoms with Crippen LogP contribution in [-0.4, -0.2) is 72.5 Å². The number of hydrogen-bond acceptors (Lipinski definition) is 9. The molecule has 50 heavy (non-hydrogen) atoms. The molecule has 3 N–H and O–H groups in total. The van der Waals surface area contributed by atoms with E-state index in [0.29, 0.717) is 5.56 Å². The molecule has 0 unspecified atom stereocenters. The van der Waals surface area contributed by atoms with Gasteiger partial charge in [-0.2, -0.15) is 0 Å². The number of carbonyl (C=O) groups is 2. The van der Waals surface area contributed by atoms with Crippen molar-refractivity contribution >= 4 is 27.1 Å². The van der Waals surface area contributed by atoms with Gasteiger partial charge < -0.3 is 25.0 Å². The third kappa shape index (κ3) is 4.85. The molecule has 4 fully saturated rings. The number of alkyl halides is 2. The summed E-state index contributed by atoms with van der Waals surface area (Å²) in [6.07, 6.45) is -2.18. The fourth-order valence-corrected chi connectivity index (χ4v) is 11.0. The second kappa shape index (κ2) is 12.2. The average molecular weight is 714 g/mol. The summed E-state index contributed by atoms with van der Waals surface area (Å²) in [5.41, 5.74) is -5.78. The lowest BCUT2D eigenvalue weighted by atomic mass is 9.44. The summed E-state index contributed by atoms with van der Waals surface area (Å²) in [4.78, 5) is 26.1. The maximum Gasteiger partial charge on any atom is 0.206 e. The highest BCUT2D eigenvalue weighted by Gasteiger charge is 2.80. The fraction of sp³-hybridized carbons (Fsp3) is 0.526. The van der Waals surface area contributed by atoms with E-state index in [1.54, 1.807) is 19.1 Å². The van der Waals surface area contributed by atoms with Crippen LogP contribution in [0.15, 0.2) is 82.1 Å². The number of anilines is 1. The quantitative estimate of drug-likeness (QED) is 0.334. The van der Waals surface area contributed by atoms with Crippen LogP contribution in [0.5, 0.6) is 0 Å². The van der Waals surface area contributed by atoms with Crippen LogP contribution in [0.25, 0.3) is 0 Å². The molecule has 12 heteroatoms. The first-order valence-corrected chi connectivity index (χ1v) is 18.2. The molecule has 4 aliphatic carbocycles. The van der Waals surface area contributed by atoms with Crippen molar-refractivity contribution in [1.82, 2.24) is 0 Å². The zero-order valence-corrected chi connectivity index (χ0v) is 28.5. The number of hydrogen-bond donors (Lipinski definition) is 3. The van der Waals surface area contributed by atoms with E-state index in [4.69, 9.17) is 9.47 Å². The third-order valence-electron chi connectivity index (χ3n) is 12.0. The van der Waals surface area contributed by atoms with Crippen LogP contribution in [0.1, 0.15) is 66.2 Å². The molecule has 0 bridgehead atoms. The number of aliphatic hydroxyl groups is 2. The number of benzene rings is 2. The highest BCUT2D eigenvalue weighted by atomic mass is 32.2. The van der Waals surface area contributed by atoms with Gasteiger partial charge in [-0.1, -0.05) is 32.6 Å². The van der Waals surface area contributed by atoms with Crippen molar-refractivity contribution in [3.05, 3.63) is 77.9 Å². The lowest BCUT2D eigenvalue weighted by molar-refractivity contribution is -0.235. The lowest BCUT2D eigenvalue weighted by Crippen LogP contribution is -2.70. The van der Waals surface area contributed by atoms with Crippen LogP contribution >= 0.6 is 0 Å². The van der Waals surface area contributed by atoms with E-state index in [9.17, 15) is 28.2 Å². The Morgan fingerprint density at radius 2 is 1.66 bits per heavy atom. The Labute approximate surface area is 291 Å². The van der Waals surface area contributed by atoms with Crippen LogP contribution in [0, 0.1) is 22.7 Å². The highest BCUT2D eigenvalue weighted by molar-refractivity contribution is 7.91. The number of ketones is 2.